The molecule has 0 aromatic heterocycles. The predicted molar refractivity (Wildman–Crippen MR) is 61.8 cm³/mol. The second kappa shape index (κ2) is 5.18. The van der Waals surface area contributed by atoms with Gasteiger partial charge in [0.05, 0.1) is 12.4 Å². The molecular formula is C10H15NO4S. The van der Waals surface area contributed by atoms with Crippen LogP contribution in [0.25, 0.3) is 0 Å². The van der Waals surface area contributed by atoms with Crippen molar-refractivity contribution < 1.29 is 18.3 Å². The molecule has 5 nitrogen and oxygen atoms in total. The van der Waals surface area contributed by atoms with Gasteiger partial charge in [0.25, 0.3) is 0 Å². The van der Waals surface area contributed by atoms with Gasteiger partial charge < -0.3 is 15.6 Å². The van der Waals surface area contributed by atoms with Crippen LogP contribution >= 0.6 is 0 Å². The molecule has 0 bridgehead atoms. The number of nitrogens with two attached hydrogens (primary N) is 1. The minimum absolute atomic E-state index is 0.302. The Bertz CT molecular complexity index is 427. The van der Waals surface area contributed by atoms with Gasteiger partial charge in [-0.25, -0.2) is 8.42 Å². The third-order valence-corrected chi connectivity index (χ3v) is 3.92. The maximum atomic E-state index is 11.5. The second-order valence-electron chi connectivity index (χ2n) is 3.35. The zero-order valence-corrected chi connectivity index (χ0v) is 9.78. The van der Waals surface area contributed by atoms with E-state index >= 15 is 0 Å². The van der Waals surface area contributed by atoms with Gasteiger partial charge >= 0.3 is 0 Å². The number of hydrogen-bond acceptors (Lipinski definition) is 5. The van der Waals surface area contributed by atoms with E-state index in [4.69, 9.17) is 15.6 Å². The fourth-order valence-corrected chi connectivity index (χ4v) is 1.95. The van der Waals surface area contributed by atoms with E-state index < -0.39 is 21.9 Å². The van der Waals surface area contributed by atoms with E-state index in [1.54, 1.807) is 24.3 Å². The Hall–Kier alpha value is -1.27. The van der Waals surface area contributed by atoms with Gasteiger partial charge in [0.2, 0.25) is 0 Å². The Morgan fingerprint density at radius 1 is 1.38 bits per heavy atom. The fraction of sp³-hybridized carbons (Fsp3) is 0.400. The van der Waals surface area contributed by atoms with E-state index in [1.165, 1.54) is 6.92 Å². The van der Waals surface area contributed by atoms with Gasteiger partial charge in [-0.2, -0.15) is 0 Å². The van der Waals surface area contributed by atoms with Crippen LogP contribution in [0.15, 0.2) is 24.3 Å². The highest BCUT2D eigenvalue weighted by Gasteiger charge is 2.21. The van der Waals surface area contributed by atoms with Crippen LogP contribution in [0.2, 0.25) is 0 Å². The average Bonchev–Trinajstić information content (AvgIpc) is 2.21. The maximum Gasteiger partial charge on any atom is 0.196 e. The first-order valence-corrected chi connectivity index (χ1v) is 6.52. The predicted octanol–water partition coefficient (Wildman–Crippen LogP) is 0.401. The zero-order valence-electron chi connectivity index (χ0n) is 8.96. The zero-order chi connectivity index (χ0) is 12.2. The Balaban J connectivity index is 2.71. The van der Waals surface area contributed by atoms with Gasteiger partial charge in [-0.15, -0.1) is 0 Å². The van der Waals surface area contributed by atoms with Crippen LogP contribution in [-0.4, -0.2) is 31.3 Å². The van der Waals surface area contributed by atoms with E-state index in [-0.39, 0.29) is 5.75 Å². The number of anilines is 1. The molecule has 0 amide bonds. The highest BCUT2D eigenvalue weighted by atomic mass is 32.2. The van der Waals surface area contributed by atoms with E-state index in [0.29, 0.717) is 11.4 Å². The first-order valence-electron chi connectivity index (χ1n) is 4.80. The summed E-state index contributed by atoms with van der Waals surface area (Å²) in [6, 6.07) is 6.45. The number of ether oxygens (including phenoxy) is 1. The second-order valence-corrected chi connectivity index (χ2v) is 5.74. The Kier molecular flexibility index (Phi) is 4.14. The summed E-state index contributed by atoms with van der Waals surface area (Å²) in [6.45, 7) is 1.03. The van der Waals surface area contributed by atoms with Crippen molar-refractivity contribution >= 4 is 15.5 Å². The first-order chi connectivity index (χ1) is 7.45. The van der Waals surface area contributed by atoms with Gasteiger partial charge in [0.15, 0.2) is 15.3 Å². The number of nitrogen functional groups attached to an aromatic ring is 1. The van der Waals surface area contributed by atoms with Crippen molar-refractivity contribution in [1.29, 1.82) is 0 Å². The highest BCUT2D eigenvalue weighted by Crippen LogP contribution is 2.16. The lowest BCUT2D eigenvalue weighted by Gasteiger charge is -2.14. The van der Waals surface area contributed by atoms with Crippen molar-refractivity contribution in [2.45, 2.75) is 12.4 Å². The first kappa shape index (κ1) is 12.8. The summed E-state index contributed by atoms with van der Waals surface area (Å²) in [4.78, 5) is 0. The normalized spacial score (nSPS) is 13.4. The number of benzene rings is 1. The van der Waals surface area contributed by atoms with Crippen LogP contribution in [0.3, 0.4) is 0 Å². The highest BCUT2D eigenvalue weighted by molar-refractivity contribution is 7.91. The SMILES string of the molecule is CC(Oc1ccc(N)cc1)S(=O)(=O)CCO. The Morgan fingerprint density at radius 3 is 2.44 bits per heavy atom. The van der Waals surface area contributed by atoms with E-state index in [2.05, 4.69) is 0 Å². The number of hydrogen-bond donors (Lipinski definition) is 2. The molecule has 0 heterocycles. The van der Waals surface area contributed by atoms with Crippen LogP contribution in [0.5, 0.6) is 5.75 Å². The smallest absolute Gasteiger partial charge is 0.196 e. The van der Waals surface area contributed by atoms with Crippen LogP contribution < -0.4 is 10.5 Å². The summed E-state index contributed by atoms with van der Waals surface area (Å²) < 4.78 is 28.2. The summed E-state index contributed by atoms with van der Waals surface area (Å²) in [5, 5.41) is 8.60. The van der Waals surface area contributed by atoms with Gasteiger partial charge in [-0.05, 0) is 31.2 Å². The molecule has 0 fully saturated rings. The van der Waals surface area contributed by atoms with Crippen molar-refractivity contribution in [3.8, 4) is 5.75 Å². The standard InChI is InChI=1S/C10H15NO4S/c1-8(16(13,14)7-6-12)15-10-4-2-9(11)3-5-10/h2-5,8,12H,6-7,11H2,1H3. The molecule has 1 atom stereocenters. The quantitative estimate of drug-likeness (QED) is 0.733. The average molecular weight is 245 g/mol. The molecule has 6 heteroatoms. The molecule has 1 rings (SSSR count). The minimum atomic E-state index is -3.42. The monoisotopic (exact) mass is 245 g/mol. The third-order valence-electron chi connectivity index (χ3n) is 2.06. The summed E-state index contributed by atoms with van der Waals surface area (Å²) >= 11 is 0. The van der Waals surface area contributed by atoms with E-state index in [1.807, 2.05) is 0 Å². The lowest BCUT2D eigenvalue weighted by atomic mass is 10.3. The number of sulfone groups is 1. The molecule has 0 saturated heterocycles. The molecule has 0 aliphatic heterocycles. The topological polar surface area (TPSA) is 89.6 Å². The van der Waals surface area contributed by atoms with Crippen molar-refractivity contribution in [3.05, 3.63) is 24.3 Å². The molecule has 1 aromatic rings. The van der Waals surface area contributed by atoms with Gasteiger partial charge in [-0.3, -0.25) is 0 Å². The molecular weight excluding hydrogens is 230 g/mol. The molecule has 0 radical (unpaired) electrons. The van der Waals surface area contributed by atoms with Crippen LogP contribution in [-0.2, 0) is 9.84 Å². The Labute approximate surface area is 94.8 Å². The van der Waals surface area contributed by atoms with Gasteiger partial charge in [-0.1, -0.05) is 0 Å². The van der Waals surface area contributed by atoms with Crippen molar-refractivity contribution in [3.63, 3.8) is 0 Å². The number of rotatable bonds is 5. The molecule has 0 aliphatic carbocycles. The lowest BCUT2D eigenvalue weighted by molar-refractivity contribution is 0.284. The van der Waals surface area contributed by atoms with Crippen LogP contribution in [0, 0.1) is 0 Å². The van der Waals surface area contributed by atoms with Gasteiger partial charge in [0, 0.05) is 5.69 Å². The number of aliphatic hydroxyl groups excluding tert-OH is 1. The van der Waals surface area contributed by atoms with E-state index in [0.717, 1.165) is 0 Å². The summed E-state index contributed by atoms with van der Waals surface area (Å²) in [5.41, 5.74) is 5.08. The lowest BCUT2D eigenvalue weighted by Crippen LogP contribution is -2.27. The van der Waals surface area contributed by atoms with Crippen molar-refractivity contribution in [2.24, 2.45) is 0 Å². The largest absolute Gasteiger partial charge is 0.475 e. The summed E-state index contributed by atoms with van der Waals surface area (Å²) in [7, 11) is -3.42. The fourth-order valence-electron chi connectivity index (χ4n) is 1.10. The molecule has 1 unspecified atom stereocenters. The third kappa shape index (κ3) is 3.39. The molecule has 0 aliphatic rings. The summed E-state index contributed by atoms with van der Waals surface area (Å²) in [5.74, 6) is 0.131. The molecule has 16 heavy (non-hydrogen) atoms. The van der Waals surface area contributed by atoms with Gasteiger partial charge in [0.1, 0.15) is 5.75 Å². The van der Waals surface area contributed by atoms with Crippen LogP contribution in [0.4, 0.5) is 5.69 Å². The van der Waals surface area contributed by atoms with E-state index in [9.17, 15) is 8.42 Å². The molecule has 90 valence electrons. The molecule has 1 aromatic carbocycles. The molecule has 0 spiro atoms. The molecule has 3 N–H and O–H groups in total. The molecule has 0 saturated carbocycles. The number of aliphatic hydroxyl groups is 1. The van der Waals surface area contributed by atoms with Crippen molar-refractivity contribution in [2.75, 3.05) is 18.1 Å². The van der Waals surface area contributed by atoms with Crippen LogP contribution in [0.1, 0.15) is 6.92 Å². The maximum absolute atomic E-state index is 11.5. The Morgan fingerprint density at radius 2 is 1.94 bits per heavy atom. The summed E-state index contributed by atoms with van der Waals surface area (Å²) in [6.07, 6.45) is 0. The minimum Gasteiger partial charge on any atom is -0.475 e. The van der Waals surface area contributed by atoms with Crippen molar-refractivity contribution in [1.82, 2.24) is 0 Å².